The van der Waals surface area contributed by atoms with Crippen LogP contribution in [0.15, 0.2) is 12.7 Å². The number of nitrogens with one attached hydrogen (secondary N) is 1. The van der Waals surface area contributed by atoms with Crippen LogP contribution in [0.2, 0.25) is 0 Å². The van der Waals surface area contributed by atoms with Gasteiger partial charge in [-0.1, -0.05) is 0 Å². The molecule has 0 radical (unpaired) electrons. The second-order valence-corrected chi connectivity index (χ2v) is 4.31. The number of nitrogens with zero attached hydrogens (tertiary/aromatic N) is 5. The Morgan fingerprint density at radius 1 is 1.25 bits per heavy atom. The summed E-state index contributed by atoms with van der Waals surface area (Å²) in [5, 5.41) is 2.40. The van der Waals surface area contributed by atoms with Gasteiger partial charge in [0.25, 0.3) is 0 Å². The van der Waals surface area contributed by atoms with E-state index in [0.29, 0.717) is 29.6 Å². The lowest BCUT2D eigenvalue weighted by Crippen LogP contribution is -2.05. The third-order valence-electron chi connectivity index (χ3n) is 2.98. The molecule has 3 rings (SSSR count). The van der Waals surface area contributed by atoms with Gasteiger partial charge < -0.3 is 4.74 Å². The molecule has 2 aromatic heterocycles. The van der Waals surface area contributed by atoms with Gasteiger partial charge >= 0.3 is 0 Å². The molecule has 0 unspecified atom stereocenters. The van der Waals surface area contributed by atoms with Gasteiger partial charge in [-0.05, 0) is 12.8 Å². The van der Waals surface area contributed by atoms with Gasteiger partial charge in [-0.2, -0.15) is 4.98 Å². The first kappa shape index (κ1) is 12.4. The predicted molar refractivity (Wildman–Crippen MR) is 69.1 cm³/mol. The molecule has 0 bridgehead atoms. The summed E-state index contributed by atoms with van der Waals surface area (Å²) in [5.74, 6) is 1.38. The molecule has 1 N–H and O–H groups in total. The van der Waals surface area contributed by atoms with Gasteiger partial charge in [-0.15, -0.1) is 0 Å². The highest BCUT2D eigenvalue weighted by atomic mass is 16.5. The van der Waals surface area contributed by atoms with Crippen LogP contribution in [0.3, 0.4) is 0 Å². The zero-order chi connectivity index (χ0) is 13.9. The lowest BCUT2D eigenvalue weighted by molar-refractivity contribution is -0.105. The summed E-state index contributed by atoms with van der Waals surface area (Å²) in [6.45, 7) is 0. The molecule has 1 aliphatic rings. The number of hydrogen-bond donors (Lipinski definition) is 1. The normalized spacial score (nSPS) is 13.8. The van der Waals surface area contributed by atoms with Gasteiger partial charge in [-0.3, -0.25) is 10.1 Å². The fourth-order valence-electron chi connectivity index (χ4n) is 1.95. The molecule has 20 heavy (non-hydrogen) atoms. The van der Waals surface area contributed by atoms with Gasteiger partial charge in [0.1, 0.15) is 18.2 Å². The van der Waals surface area contributed by atoms with Gasteiger partial charge in [0.05, 0.1) is 12.8 Å². The van der Waals surface area contributed by atoms with Gasteiger partial charge in [0, 0.05) is 5.92 Å². The van der Waals surface area contributed by atoms with E-state index in [0.717, 1.165) is 18.5 Å². The van der Waals surface area contributed by atoms with E-state index in [2.05, 4.69) is 30.2 Å². The molecule has 1 aliphatic carbocycles. The molecule has 1 amide bonds. The minimum absolute atomic E-state index is 0.178. The first-order valence-electron chi connectivity index (χ1n) is 6.12. The van der Waals surface area contributed by atoms with E-state index >= 15 is 0 Å². The van der Waals surface area contributed by atoms with E-state index in [-0.39, 0.29) is 5.95 Å². The van der Waals surface area contributed by atoms with E-state index in [1.165, 1.54) is 19.8 Å². The third-order valence-corrected chi connectivity index (χ3v) is 2.98. The van der Waals surface area contributed by atoms with Gasteiger partial charge in [-0.25, -0.2) is 19.9 Å². The number of carbonyl (C=O) groups excluding carboxylic acids is 1. The largest absolute Gasteiger partial charge is 0.480 e. The average Bonchev–Trinajstić information content (AvgIpc) is 3.31. The smallest absolute Gasteiger partial charge is 0.232 e. The summed E-state index contributed by atoms with van der Waals surface area (Å²) in [6, 6.07) is 0. The molecule has 2 heterocycles. The molecule has 8 nitrogen and oxygen atoms in total. The lowest BCUT2D eigenvalue weighted by Gasteiger charge is -2.10. The van der Waals surface area contributed by atoms with Crippen LogP contribution in [0, 0.1) is 0 Å². The SMILES string of the molecule is COc1ncnc(C2CC2)c1-c1ncnc(NC=O)n1. The first-order chi connectivity index (χ1) is 9.83. The van der Waals surface area contributed by atoms with E-state index in [4.69, 9.17) is 4.74 Å². The van der Waals surface area contributed by atoms with Crippen LogP contribution in [0.5, 0.6) is 5.88 Å². The Bertz CT molecular complexity index is 644. The number of rotatable bonds is 5. The number of aromatic nitrogens is 5. The molecule has 0 aliphatic heterocycles. The summed E-state index contributed by atoms with van der Waals surface area (Å²) in [4.78, 5) is 31.1. The fourth-order valence-corrected chi connectivity index (χ4v) is 1.95. The zero-order valence-corrected chi connectivity index (χ0v) is 10.8. The maximum absolute atomic E-state index is 10.5. The second-order valence-electron chi connectivity index (χ2n) is 4.31. The molecule has 0 saturated heterocycles. The molecule has 2 aromatic rings. The standard InChI is InChI=1S/C12H12N6O2/c1-20-11-8(9(7-2-3-7)13-4-15-11)10-14-5-16-12(18-10)17-6-19/h4-7H,2-3H2,1H3,(H,14,16,17,18,19). The van der Waals surface area contributed by atoms with Crippen LogP contribution in [-0.4, -0.2) is 38.4 Å². The van der Waals surface area contributed by atoms with Crippen molar-refractivity contribution in [3.63, 3.8) is 0 Å². The number of methoxy groups -OCH3 is 1. The third kappa shape index (κ3) is 2.27. The number of carbonyl (C=O) groups is 1. The topological polar surface area (TPSA) is 103 Å². The summed E-state index contributed by atoms with van der Waals surface area (Å²) in [5.41, 5.74) is 1.54. The van der Waals surface area contributed by atoms with Crippen molar-refractivity contribution in [1.82, 2.24) is 24.9 Å². The molecular formula is C12H12N6O2. The molecule has 1 fully saturated rings. The molecule has 0 aromatic carbocycles. The summed E-state index contributed by atoms with van der Waals surface area (Å²) in [6.07, 6.45) is 5.48. The minimum atomic E-state index is 0.178. The van der Waals surface area contributed by atoms with Crippen molar-refractivity contribution in [1.29, 1.82) is 0 Å². The van der Waals surface area contributed by atoms with Gasteiger partial charge in [0.15, 0.2) is 5.82 Å². The van der Waals surface area contributed by atoms with Crippen LogP contribution < -0.4 is 10.1 Å². The van der Waals surface area contributed by atoms with Crippen molar-refractivity contribution < 1.29 is 9.53 Å². The summed E-state index contributed by atoms with van der Waals surface area (Å²) >= 11 is 0. The molecule has 102 valence electrons. The minimum Gasteiger partial charge on any atom is -0.480 e. The van der Waals surface area contributed by atoms with E-state index in [9.17, 15) is 4.79 Å². The van der Waals surface area contributed by atoms with Crippen LogP contribution in [0.4, 0.5) is 5.95 Å². The summed E-state index contributed by atoms with van der Waals surface area (Å²) < 4.78 is 5.28. The molecule has 8 heteroatoms. The maximum Gasteiger partial charge on any atom is 0.232 e. The molecule has 0 spiro atoms. The molecule has 1 saturated carbocycles. The van der Waals surface area contributed by atoms with Crippen molar-refractivity contribution >= 4 is 12.4 Å². The Hall–Kier alpha value is -2.64. The number of ether oxygens (including phenoxy) is 1. The zero-order valence-electron chi connectivity index (χ0n) is 10.8. The Morgan fingerprint density at radius 3 is 2.75 bits per heavy atom. The van der Waals surface area contributed by atoms with Crippen LogP contribution in [0.25, 0.3) is 11.4 Å². The average molecular weight is 272 g/mol. The van der Waals surface area contributed by atoms with Crippen molar-refractivity contribution in [2.24, 2.45) is 0 Å². The number of amides is 1. The quantitative estimate of drug-likeness (QED) is 0.802. The van der Waals surface area contributed by atoms with Crippen molar-refractivity contribution in [3.05, 3.63) is 18.3 Å². The summed E-state index contributed by atoms with van der Waals surface area (Å²) in [7, 11) is 1.54. The van der Waals surface area contributed by atoms with Crippen molar-refractivity contribution in [2.75, 3.05) is 12.4 Å². The number of anilines is 1. The highest BCUT2D eigenvalue weighted by molar-refractivity contribution is 5.70. The van der Waals surface area contributed by atoms with E-state index in [1.807, 2.05) is 0 Å². The Balaban J connectivity index is 2.12. The molecule has 0 atom stereocenters. The lowest BCUT2D eigenvalue weighted by atomic mass is 10.1. The van der Waals surface area contributed by atoms with Crippen LogP contribution in [-0.2, 0) is 4.79 Å². The Morgan fingerprint density at radius 2 is 2.05 bits per heavy atom. The van der Waals surface area contributed by atoms with E-state index in [1.54, 1.807) is 0 Å². The fraction of sp³-hybridized carbons (Fsp3) is 0.333. The second kappa shape index (κ2) is 5.16. The highest BCUT2D eigenvalue weighted by Gasteiger charge is 2.31. The highest BCUT2D eigenvalue weighted by Crippen LogP contribution is 2.44. The van der Waals surface area contributed by atoms with Crippen molar-refractivity contribution in [2.45, 2.75) is 18.8 Å². The monoisotopic (exact) mass is 272 g/mol. The van der Waals surface area contributed by atoms with Gasteiger partial charge in [0.2, 0.25) is 18.2 Å². The van der Waals surface area contributed by atoms with Crippen LogP contribution >= 0.6 is 0 Å². The molecular weight excluding hydrogens is 260 g/mol. The Labute approximate surface area is 114 Å². The van der Waals surface area contributed by atoms with Crippen LogP contribution in [0.1, 0.15) is 24.5 Å². The Kier molecular flexibility index (Phi) is 3.20. The maximum atomic E-state index is 10.5. The number of hydrogen-bond acceptors (Lipinski definition) is 7. The van der Waals surface area contributed by atoms with Crippen molar-refractivity contribution in [3.8, 4) is 17.3 Å². The predicted octanol–water partition coefficient (Wildman–Crippen LogP) is 0.783. The first-order valence-corrected chi connectivity index (χ1v) is 6.12. The van der Waals surface area contributed by atoms with E-state index < -0.39 is 0 Å².